The van der Waals surface area contributed by atoms with E-state index >= 15 is 0 Å². The van der Waals surface area contributed by atoms with Crippen LogP contribution in [0.1, 0.15) is 38.1 Å². The fourth-order valence-electron chi connectivity index (χ4n) is 1.98. The molecule has 2 rings (SSSR count). The second kappa shape index (κ2) is 3.73. The standard InChI is InChI=1S/C13H16N2O3/c1-7(16)15-11-8(6-14-15)10(17)5-9(12(11)18)13(2,3)4/h5-6,17-18H,1-4H3. The maximum atomic E-state index is 11.5. The summed E-state index contributed by atoms with van der Waals surface area (Å²) in [6.07, 6.45) is 1.37. The second-order valence-corrected chi connectivity index (χ2v) is 5.38. The van der Waals surface area contributed by atoms with Crippen molar-refractivity contribution in [3.8, 4) is 11.5 Å². The molecule has 18 heavy (non-hydrogen) atoms. The van der Waals surface area contributed by atoms with Gasteiger partial charge in [-0.2, -0.15) is 9.78 Å². The number of hydrogen-bond acceptors (Lipinski definition) is 4. The Labute approximate surface area is 105 Å². The fourth-order valence-corrected chi connectivity index (χ4v) is 1.98. The molecular weight excluding hydrogens is 232 g/mol. The number of aromatic hydroxyl groups is 2. The number of nitrogens with zero attached hydrogens (tertiary/aromatic N) is 2. The molecule has 2 N–H and O–H groups in total. The minimum atomic E-state index is -0.346. The van der Waals surface area contributed by atoms with E-state index in [1.165, 1.54) is 19.2 Å². The normalized spacial score (nSPS) is 12.0. The van der Waals surface area contributed by atoms with E-state index in [2.05, 4.69) is 5.10 Å². The van der Waals surface area contributed by atoms with E-state index in [0.29, 0.717) is 10.9 Å². The van der Waals surface area contributed by atoms with Crippen LogP contribution in [0.3, 0.4) is 0 Å². The molecule has 1 heterocycles. The molecule has 0 bridgehead atoms. The number of fused-ring (bicyclic) bond motifs is 1. The number of aromatic nitrogens is 2. The van der Waals surface area contributed by atoms with Crippen LogP contribution in [0.25, 0.3) is 10.9 Å². The number of phenolic OH excluding ortho intramolecular Hbond substituents is 2. The van der Waals surface area contributed by atoms with E-state index in [9.17, 15) is 15.0 Å². The average Bonchev–Trinajstić information content (AvgIpc) is 2.66. The topological polar surface area (TPSA) is 75.4 Å². The summed E-state index contributed by atoms with van der Waals surface area (Å²) >= 11 is 0. The third-order valence-electron chi connectivity index (χ3n) is 2.91. The molecule has 0 saturated heterocycles. The van der Waals surface area contributed by atoms with Gasteiger partial charge in [-0.25, -0.2) is 0 Å². The lowest BCUT2D eigenvalue weighted by atomic mass is 9.85. The van der Waals surface area contributed by atoms with Crippen molar-refractivity contribution < 1.29 is 15.0 Å². The molecular formula is C13H16N2O3. The molecule has 5 heteroatoms. The van der Waals surface area contributed by atoms with Crippen molar-refractivity contribution >= 4 is 16.8 Å². The van der Waals surface area contributed by atoms with Gasteiger partial charge in [0.05, 0.1) is 11.6 Å². The van der Waals surface area contributed by atoms with Crippen LogP contribution in [-0.4, -0.2) is 25.9 Å². The van der Waals surface area contributed by atoms with E-state index in [0.717, 1.165) is 4.68 Å². The van der Waals surface area contributed by atoms with Gasteiger partial charge in [0.15, 0.2) is 0 Å². The molecule has 0 atom stereocenters. The Hall–Kier alpha value is -2.04. The highest BCUT2D eigenvalue weighted by atomic mass is 16.3. The summed E-state index contributed by atoms with van der Waals surface area (Å²) in [5.74, 6) is -0.311. The van der Waals surface area contributed by atoms with E-state index in [4.69, 9.17) is 0 Å². The Morgan fingerprint density at radius 1 is 1.33 bits per heavy atom. The van der Waals surface area contributed by atoms with E-state index in [1.807, 2.05) is 20.8 Å². The molecule has 0 aliphatic carbocycles. The van der Waals surface area contributed by atoms with Crippen molar-refractivity contribution in [2.75, 3.05) is 0 Å². The predicted molar refractivity (Wildman–Crippen MR) is 68.1 cm³/mol. The van der Waals surface area contributed by atoms with Gasteiger partial charge in [-0.3, -0.25) is 4.79 Å². The first kappa shape index (κ1) is 12.4. The van der Waals surface area contributed by atoms with E-state index in [-0.39, 0.29) is 28.3 Å². The maximum Gasteiger partial charge on any atom is 0.244 e. The first-order chi connectivity index (χ1) is 8.23. The lowest BCUT2D eigenvalue weighted by molar-refractivity contribution is 0.0926. The van der Waals surface area contributed by atoms with Gasteiger partial charge in [0.2, 0.25) is 5.91 Å². The third kappa shape index (κ3) is 1.72. The van der Waals surface area contributed by atoms with Gasteiger partial charge >= 0.3 is 0 Å². The first-order valence-corrected chi connectivity index (χ1v) is 5.67. The van der Waals surface area contributed by atoms with Gasteiger partial charge < -0.3 is 10.2 Å². The number of carbonyl (C=O) groups excluding carboxylic acids is 1. The molecule has 5 nitrogen and oxygen atoms in total. The Morgan fingerprint density at radius 3 is 2.44 bits per heavy atom. The molecule has 1 aromatic heterocycles. The van der Waals surface area contributed by atoms with Gasteiger partial charge in [-0.1, -0.05) is 20.8 Å². The summed E-state index contributed by atoms with van der Waals surface area (Å²) in [6, 6.07) is 1.52. The van der Waals surface area contributed by atoms with Crippen LogP contribution in [0.15, 0.2) is 12.3 Å². The number of carbonyl (C=O) groups is 1. The molecule has 96 valence electrons. The van der Waals surface area contributed by atoms with Crippen molar-refractivity contribution in [2.45, 2.75) is 33.1 Å². The summed E-state index contributed by atoms with van der Waals surface area (Å²) in [5, 5.41) is 24.5. The molecule has 2 aromatic rings. The van der Waals surface area contributed by atoms with Crippen LogP contribution in [0, 0.1) is 0 Å². The highest BCUT2D eigenvalue weighted by molar-refractivity contribution is 5.97. The van der Waals surface area contributed by atoms with Crippen LogP contribution in [0.4, 0.5) is 0 Å². The highest BCUT2D eigenvalue weighted by Gasteiger charge is 2.24. The van der Waals surface area contributed by atoms with Crippen LogP contribution in [0.2, 0.25) is 0 Å². The maximum absolute atomic E-state index is 11.5. The Morgan fingerprint density at radius 2 is 1.94 bits per heavy atom. The molecule has 0 unspecified atom stereocenters. The Bertz CT molecular complexity index is 636. The average molecular weight is 248 g/mol. The molecule has 1 aromatic carbocycles. The monoisotopic (exact) mass is 248 g/mol. The third-order valence-corrected chi connectivity index (χ3v) is 2.91. The lowest BCUT2D eigenvalue weighted by Crippen LogP contribution is -2.13. The minimum absolute atomic E-state index is 0.0111. The molecule has 0 radical (unpaired) electrons. The molecule has 0 aliphatic heterocycles. The van der Waals surface area contributed by atoms with Crippen molar-refractivity contribution in [3.63, 3.8) is 0 Å². The van der Waals surface area contributed by atoms with E-state index < -0.39 is 0 Å². The Balaban J connectivity index is 2.91. The van der Waals surface area contributed by atoms with Crippen LogP contribution in [0.5, 0.6) is 11.5 Å². The van der Waals surface area contributed by atoms with Crippen molar-refractivity contribution in [1.29, 1.82) is 0 Å². The highest BCUT2D eigenvalue weighted by Crippen LogP contribution is 2.40. The molecule has 0 amide bonds. The summed E-state index contributed by atoms with van der Waals surface area (Å²) in [6.45, 7) is 7.11. The van der Waals surface area contributed by atoms with Crippen LogP contribution < -0.4 is 0 Å². The van der Waals surface area contributed by atoms with Gasteiger partial charge in [0.1, 0.15) is 17.0 Å². The summed E-state index contributed by atoms with van der Waals surface area (Å²) < 4.78 is 1.10. The van der Waals surface area contributed by atoms with Gasteiger partial charge in [-0.15, -0.1) is 0 Å². The first-order valence-electron chi connectivity index (χ1n) is 5.67. The Kier molecular flexibility index (Phi) is 2.57. The minimum Gasteiger partial charge on any atom is -0.507 e. The summed E-state index contributed by atoms with van der Waals surface area (Å²) in [7, 11) is 0. The number of benzene rings is 1. The number of hydrogen-bond donors (Lipinski definition) is 2. The zero-order valence-corrected chi connectivity index (χ0v) is 10.9. The molecule has 0 fully saturated rings. The lowest BCUT2D eigenvalue weighted by Gasteiger charge is -2.21. The van der Waals surface area contributed by atoms with Crippen molar-refractivity contribution in [3.05, 3.63) is 17.8 Å². The molecule has 0 aliphatic rings. The summed E-state index contributed by atoms with van der Waals surface area (Å²) in [4.78, 5) is 11.5. The zero-order valence-electron chi connectivity index (χ0n) is 10.9. The zero-order chi connectivity index (χ0) is 13.7. The summed E-state index contributed by atoms with van der Waals surface area (Å²) in [5.41, 5.74) is 0.490. The second-order valence-electron chi connectivity index (χ2n) is 5.38. The van der Waals surface area contributed by atoms with E-state index in [1.54, 1.807) is 0 Å². The number of phenols is 2. The van der Waals surface area contributed by atoms with Gasteiger partial charge in [0.25, 0.3) is 0 Å². The molecule has 0 spiro atoms. The van der Waals surface area contributed by atoms with Crippen LogP contribution >= 0.6 is 0 Å². The van der Waals surface area contributed by atoms with Crippen molar-refractivity contribution in [1.82, 2.24) is 9.78 Å². The van der Waals surface area contributed by atoms with Crippen LogP contribution in [-0.2, 0) is 5.41 Å². The largest absolute Gasteiger partial charge is 0.507 e. The predicted octanol–water partition coefficient (Wildman–Crippen LogP) is 2.41. The van der Waals surface area contributed by atoms with Crippen molar-refractivity contribution in [2.24, 2.45) is 0 Å². The smallest absolute Gasteiger partial charge is 0.244 e. The quantitative estimate of drug-likeness (QED) is 0.702. The fraction of sp³-hybridized carbons (Fsp3) is 0.385. The SMILES string of the molecule is CC(=O)n1ncc2c(O)cc(C(C)(C)C)c(O)c21. The van der Waals surface area contributed by atoms with Gasteiger partial charge in [-0.05, 0) is 11.5 Å². The van der Waals surface area contributed by atoms with Gasteiger partial charge in [0, 0.05) is 12.5 Å². The molecule has 0 saturated carbocycles. The number of rotatable bonds is 0.